The molecule has 0 aromatic heterocycles. The predicted octanol–water partition coefficient (Wildman–Crippen LogP) is -0.170. The topological polar surface area (TPSA) is 55.6 Å². The molecule has 80 valence electrons. The zero-order valence-electron chi connectivity index (χ0n) is 8.45. The van der Waals surface area contributed by atoms with E-state index in [1.165, 1.54) is 0 Å². The summed E-state index contributed by atoms with van der Waals surface area (Å²) in [4.78, 5) is 13.5. The Labute approximate surface area is 84.4 Å². The highest BCUT2D eigenvalue weighted by molar-refractivity contribution is 5.81. The van der Waals surface area contributed by atoms with E-state index in [4.69, 9.17) is 10.5 Å². The average Bonchev–Trinajstić information content (AvgIpc) is 2.90. The summed E-state index contributed by atoms with van der Waals surface area (Å²) in [6.07, 6.45) is 2.20. The fraction of sp³-hybridized carbons (Fsp3) is 0.900. The first kappa shape index (κ1) is 9.93. The van der Waals surface area contributed by atoms with Crippen LogP contribution in [0.25, 0.3) is 0 Å². The summed E-state index contributed by atoms with van der Waals surface area (Å²) in [6, 6.07) is 0. The van der Waals surface area contributed by atoms with E-state index in [-0.39, 0.29) is 0 Å². The second-order valence-corrected chi connectivity index (χ2v) is 4.25. The first-order valence-corrected chi connectivity index (χ1v) is 5.38. The standard InChI is InChI=1S/C10H18N2O2/c11-3-4-14-7-8-5-12(6-8)10(13)9-1-2-9/h8-9H,1-7,11H2. The number of nitrogens with two attached hydrogens (primary N) is 1. The largest absolute Gasteiger partial charge is 0.380 e. The molecule has 2 aliphatic rings. The lowest BCUT2D eigenvalue weighted by molar-refractivity contribution is -0.140. The molecule has 0 radical (unpaired) electrons. The number of amides is 1. The molecule has 1 saturated heterocycles. The van der Waals surface area contributed by atoms with Crippen LogP contribution in [0.3, 0.4) is 0 Å². The molecule has 1 saturated carbocycles. The van der Waals surface area contributed by atoms with Crippen molar-refractivity contribution in [2.24, 2.45) is 17.6 Å². The smallest absolute Gasteiger partial charge is 0.225 e. The number of ether oxygens (including phenoxy) is 1. The van der Waals surface area contributed by atoms with Crippen LogP contribution in [0.1, 0.15) is 12.8 Å². The minimum Gasteiger partial charge on any atom is -0.380 e. The van der Waals surface area contributed by atoms with Crippen LogP contribution in [0.4, 0.5) is 0 Å². The third kappa shape index (κ3) is 2.25. The Balaban J connectivity index is 1.57. The van der Waals surface area contributed by atoms with Gasteiger partial charge in [0.15, 0.2) is 0 Å². The van der Waals surface area contributed by atoms with Crippen molar-refractivity contribution in [1.29, 1.82) is 0 Å². The van der Waals surface area contributed by atoms with E-state index in [1.807, 2.05) is 4.90 Å². The van der Waals surface area contributed by atoms with Crippen molar-refractivity contribution in [2.45, 2.75) is 12.8 Å². The van der Waals surface area contributed by atoms with Gasteiger partial charge in [-0.05, 0) is 12.8 Å². The molecule has 4 heteroatoms. The van der Waals surface area contributed by atoms with Gasteiger partial charge in [-0.15, -0.1) is 0 Å². The van der Waals surface area contributed by atoms with Crippen LogP contribution in [0.5, 0.6) is 0 Å². The minimum atomic E-state index is 0.361. The second kappa shape index (κ2) is 4.28. The molecule has 0 spiro atoms. The van der Waals surface area contributed by atoms with Crippen molar-refractivity contribution in [2.75, 3.05) is 32.8 Å². The molecule has 1 aliphatic carbocycles. The first-order valence-electron chi connectivity index (χ1n) is 5.38. The van der Waals surface area contributed by atoms with Gasteiger partial charge < -0.3 is 15.4 Å². The van der Waals surface area contributed by atoms with Crippen LogP contribution in [0.15, 0.2) is 0 Å². The normalized spacial score (nSPS) is 22.2. The molecule has 2 rings (SSSR count). The maximum atomic E-state index is 11.5. The van der Waals surface area contributed by atoms with E-state index >= 15 is 0 Å². The van der Waals surface area contributed by atoms with Crippen LogP contribution in [0, 0.1) is 11.8 Å². The van der Waals surface area contributed by atoms with Gasteiger partial charge in [0.1, 0.15) is 0 Å². The van der Waals surface area contributed by atoms with Crippen molar-refractivity contribution in [3.63, 3.8) is 0 Å². The van der Waals surface area contributed by atoms with Gasteiger partial charge in [0.2, 0.25) is 5.91 Å². The Bertz CT molecular complexity index is 210. The summed E-state index contributed by atoms with van der Waals surface area (Å²) in [5.74, 6) is 1.27. The summed E-state index contributed by atoms with van der Waals surface area (Å²) >= 11 is 0. The Morgan fingerprint density at radius 3 is 2.71 bits per heavy atom. The molecule has 0 atom stereocenters. The quantitative estimate of drug-likeness (QED) is 0.624. The molecule has 1 amide bonds. The zero-order chi connectivity index (χ0) is 9.97. The molecule has 0 bridgehead atoms. The van der Waals surface area contributed by atoms with Gasteiger partial charge in [-0.2, -0.15) is 0 Å². The number of hydrogen-bond acceptors (Lipinski definition) is 3. The second-order valence-electron chi connectivity index (χ2n) is 4.25. The molecule has 0 aromatic rings. The third-order valence-corrected chi connectivity index (χ3v) is 2.81. The van der Waals surface area contributed by atoms with Gasteiger partial charge in [0.05, 0.1) is 13.2 Å². The van der Waals surface area contributed by atoms with Crippen LogP contribution >= 0.6 is 0 Å². The van der Waals surface area contributed by atoms with Gasteiger partial charge in [0.25, 0.3) is 0 Å². The van der Waals surface area contributed by atoms with Crippen molar-refractivity contribution >= 4 is 5.91 Å². The number of likely N-dealkylation sites (tertiary alicyclic amines) is 1. The number of rotatable bonds is 5. The van der Waals surface area contributed by atoms with Gasteiger partial charge in [0, 0.05) is 31.5 Å². The predicted molar refractivity (Wildman–Crippen MR) is 52.7 cm³/mol. The van der Waals surface area contributed by atoms with Crippen LogP contribution in [0.2, 0.25) is 0 Å². The molecule has 1 aliphatic heterocycles. The Hall–Kier alpha value is -0.610. The molecule has 0 aromatic carbocycles. The van der Waals surface area contributed by atoms with Crippen molar-refractivity contribution in [1.82, 2.24) is 4.90 Å². The number of carbonyl (C=O) groups excluding carboxylic acids is 1. The van der Waals surface area contributed by atoms with Crippen molar-refractivity contribution in [3.8, 4) is 0 Å². The summed E-state index contributed by atoms with van der Waals surface area (Å²) < 4.78 is 5.33. The average molecular weight is 198 g/mol. The zero-order valence-corrected chi connectivity index (χ0v) is 8.45. The molecular weight excluding hydrogens is 180 g/mol. The lowest BCUT2D eigenvalue weighted by Crippen LogP contribution is -2.52. The van der Waals surface area contributed by atoms with Gasteiger partial charge >= 0.3 is 0 Å². The highest BCUT2D eigenvalue weighted by Crippen LogP contribution is 2.33. The van der Waals surface area contributed by atoms with Crippen molar-refractivity contribution in [3.05, 3.63) is 0 Å². The first-order chi connectivity index (χ1) is 6.81. The monoisotopic (exact) mass is 198 g/mol. The lowest BCUT2D eigenvalue weighted by Gasteiger charge is -2.39. The molecule has 2 N–H and O–H groups in total. The fourth-order valence-electron chi connectivity index (χ4n) is 1.78. The Morgan fingerprint density at radius 1 is 1.43 bits per heavy atom. The van der Waals surface area contributed by atoms with Gasteiger partial charge in [-0.25, -0.2) is 0 Å². The van der Waals surface area contributed by atoms with Crippen LogP contribution in [-0.2, 0) is 9.53 Å². The maximum Gasteiger partial charge on any atom is 0.225 e. The fourth-order valence-corrected chi connectivity index (χ4v) is 1.78. The summed E-state index contributed by atoms with van der Waals surface area (Å²) in [7, 11) is 0. The summed E-state index contributed by atoms with van der Waals surface area (Å²) in [5, 5.41) is 0. The van der Waals surface area contributed by atoms with E-state index in [9.17, 15) is 4.79 Å². The van der Waals surface area contributed by atoms with Crippen LogP contribution < -0.4 is 5.73 Å². The number of hydrogen-bond donors (Lipinski definition) is 1. The number of carbonyl (C=O) groups is 1. The van der Waals surface area contributed by atoms with Gasteiger partial charge in [-0.3, -0.25) is 4.79 Å². The Kier molecular flexibility index (Phi) is 3.03. The van der Waals surface area contributed by atoms with E-state index < -0.39 is 0 Å². The van der Waals surface area contributed by atoms with E-state index in [0.29, 0.717) is 30.9 Å². The summed E-state index contributed by atoms with van der Waals surface area (Å²) in [6.45, 7) is 3.75. The molecule has 2 fully saturated rings. The SMILES string of the molecule is NCCOCC1CN(C(=O)C2CC2)C1. The van der Waals surface area contributed by atoms with E-state index in [0.717, 1.165) is 32.5 Å². The summed E-state index contributed by atoms with van der Waals surface area (Å²) in [5.41, 5.74) is 5.31. The highest BCUT2D eigenvalue weighted by Gasteiger charge is 2.38. The highest BCUT2D eigenvalue weighted by atomic mass is 16.5. The van der Waals surface area contributed by atoms with Gasteiger partial charge in [-0.1, -0.05) is 0 Å². The molecule has 0 unspecified atom stereocenters. The molecule has 14 heavy (non-hydrogen) atoms. The third-order valence-electron chi connectivity index (χ3n) is 2.81. The lowest BCUT2D eigenvalue weighted by atomic mass is 10.0. The molecular formula is C10H18N2O2. The van der Waals surface area contributed by atoms with E-state index in [1.54, 1.807) is 0 Å². The maximum absolute atomic E-state index is 11.5. The number of nitrogens with zero attached hydrogens (tertiary/aromatic N) is 1. The van der Waals surface area contributed by atoms with Crippen LogP contribution in [-0.4, -0.2) is 43.7 Å². The Morgan fingerprint density at radius 2 is 2.14 bits per heavy atom. The van der Waals surface area contributed by atoms with E-state index in [2.05, 4.69) is 0 Å². The van der Waals surface area contributed by atoms with Crippen molar-refractivity contribution < 1.29 is 9.53 Å². The molecule has 4 nitrogen and oxygen atoms in total. The molecule has 1 heterocycles. The minimum absolute atomic E-state index is 0.361.